The Morgan fingerprint density at radius 1 is 0.971 bits per heavy atom. The highest BCUT2D eigenvalue weighted by atomic mass is 16.5. The predicted octanol–water partition coefficient (Wildman–Crippen LogP) is 2.77. The van der Waals surface area contributed by atoms with Crippen LogP contribution in [-0.4, -0.2) is 33.3 Å². The number of benzene rings is 2. The number of anilines is 1. The molecular formula is C25H22N4O5. The number of ether oxygens (including phenoxy) is 3. The molecule has 0 fully saturated rings. The lowest BCUT2D eigenvalue weighted by molar-refractivity contribution is -0.139. The molecule has 0 radical (unpaired) electrons. The predicted molar refractivity (Wildman–Crippen MR) is 122 cm³/mol. The van der Waals surface area contributed by atoms with Gasteiger partial charge in [0.2, 0.25) is 0 Å². The zero-order valence-electron chi connectivity index (χ0n) is 19.1. The standard InChI is InChI=1S/C25H22N4O5/c1-14-18(32-2)11-10-16(12-26)21(14)29-22(25(31)34-4)20(24(30)33-3)19(17(13-27)23(29)28)15-8-6-5-7-9-15/h5-11,19H,28H2,1-4H3. The molecule has 2 aromatic carbocycles. The summed E-state index contributed by atoms with van der Waals surface area (Å²) in [6.45, 7) is 1.67. The quantitative estimate of drug-likeness (QED) is 0.670. The van der Waals surface area contributed by atoms with Gasteiger partial charge in [0.1, 0.15) is 23.3 Å². The van der Waals surface area contributed by atoms with Crippen LogP contribution in [0.3, 0.4) is 0 Å². The van der Waals surface area contributed by atoms with E-state index in [1.165, 1.54) is 25.2 Å². The third-order valence-corrected chi connectivity index (χ3v) is 5.56. The second-order valence-electron chi connectivity index (χ2n) is 7.24. The van der Waals surface area contributed by atoms with E-state index < -0.39 is 17.9 Å². The van der Waals surface area contributed by atoms with Gasteiger partial charge in [0.25, 0.3) is 0 Å². The van der Waals surface area contributed by atoms with Gasteiger partial charge in [0.05, 0.1) is 55.7 Å². The summed E-state index contributed by atoms with van der Waals surface area (Å²) in [5.41, 5.74) is 7.44. The van der Waals surface area contributed by atoms with Crippen LogP contribution >= 0.6 is 0 Å². The van der Waals surface area contributed by atoms with Gasteiger partial charge >= 0.3 is 11.9 Å². The lowest BCUT2D eigenvalue weighted by atomic mass is 9.80. The highest BCUT2D eigenvalue weighted by Crippen LogP contribution is 2.45. The first-order chi connectivity index (χ1) is 16.4. The molecule has 0 amide bonds. The largest absolute Gasteiger partial charge is 0.496 e. The SMILES string of the molecule is COC(=O)C1=C(C(=O)OC)N(c2c(C#N)ccc(OC)c2C)C(N)=C(C#N)C1c1ccccc1. The second-order valence-corrected chi connectivity index (χ2v) is 7.24. The minimum atomic E-state index is -1.000. The topological polar surface area (TPSA) is 139 Å². The molecule has 3 rings (SSSR count). The molecule has 1 aliphatic rings. The first kappa shape index (κ1) is 23.9. The number of hydrogen-bond acceptors (Lipinski definition) is 9. The fourth-order valence-electron chi connectivity index (χ4n) is 4.03. The van der Waals surface area contributed by atoms with Gasteiger partial charge in [-0.1, -0.05) is 30.3 Å². The van der Waals surface area contributed by atoms with E-state index in [2.05, 4.69) is 12.1 Å². The van der Waals surface area contributed by atoms with E-state index in [0.29, 0.717) is 16.9 Å². The number of nitrogens with zero attached hydrogens (tertiary/aromatic N) is 3. The number of nitriles is 2. The molecule has 0 saturated heterocycles. The van der Waals surface area contributed by atoms with Crippen molar-refractivity contribution in [3.63, 3.8) is 0 Å². The number of carbonyl (C=O) groups is 2. The maximum absolute atomic E-state index is 13.2. The van der Waals surface area contributed by atoms with Crippen LogP contribution in [0.5, 0.6) is 5.75 Å². The molecule has 2 N–H and O–H groups in total. The lowest BCUT2D eigenvalue weighted by Gasteiger charge is -2.37. The fourth-order valence-corrected chi connectivity index (χ4v) is 4.03. The average molecular weight is 458 g/mol. The van der Waals surface area contributed by atoms with Crippen LogP contribution in [0.2, 0.25) is 0 Å². The van der Waals surface area contributed by atoms with Gasteiger partial charge in [-0.25, -0.2) is 9.59 Å². The average Bonchev–Trinajstić information content (AvgIpc) is 2.87. The molecule has 0 spiro atoms. The number of esters is 2. The van der Waals surface area contributed by atoms with Crippen molar-refractivity contribution in [1.82, 2.24) is 0 Å². The van der Waals surface area contributed by atoms with E-state index in [-0.39, 0.29) is 33.9 Å². The first-order valence-electron chi connectivity index (χ1n) is 10.1. The summed E-state index contributed by atoms with van der Waals surface area (Å²) in [7, 11) is 3.78. The van der Waals surface area contributed by atoms with E-state index in [1.807, 2.05) is 0 Å². The molecule has 1 unspecified atom stereocenters. The summed E-state index contributed by atoms with van der Waals surface area (Å²) in [5, 5.41) is 19.9. The number of carbonyl (C=O) groups excluding carboxylic acids is 2. The third-order valence-electron chi connectivity index (χ3n) is 5.56. The van der Waals surface area contributed by atoms with E-state index >= 15 is 0 Å². The molecule has 9 heteroatoms. The van der Waals surface area contributed by atoms with Crippen molar-refractivity contribution in [1.29, 1.82) is 10.5 Å². The smallest absolute Gasteiger partial charge is 0.355 e. The Kier molecular flexibility index (Phi) is 6.89. The van der Waals surface area contributed by atoms with Crippen LogP contribution in [-0.2, 0) is 19.1 Å². The van der Waals surface area contributed by atoms with Crippen LogP contribution in [0.1, 0.15) is 22.6 Å². The normalized spacial score (nSPS) is 15.4. The molecule has 2 aromatic rings. The summed E-state index contributed by atoms with van der Waals surface area (Å²) in [6, 6.07) is 15.9. The van der Waals surface area contributed by atoms with Crippen molar-refractivity contribution in [2.45, 2.75) is 12.8 Å². The minimum Gasteiger partial charge on any atom is -0.496 e. The molecule has 0 aliphatic carbocycles. The van der Waals surface area contributed by atoms with Gasteiger partial charge in [-0.05, 0) is 24.6 Å². The third kappa shape index (κ3) is 3.80. The molecule has 1 aliphatic heterocycles. The molecule has 9 nitrogen and oxygen atoms in total. The number of rotatable bonds is 5. The van der Waals surface area contributed by atoms with Crippen LogP contribution in [0.25, 0.3) is 0 Å². The summed E-state index contributed by atoms with van der Waals surface area (Å²) < 4.78 is 15.4. The van der Waals surface area contributed by atoms with Gasteiger partial charge in [0.15, 0.2) is 0 Å². The molecule has 172 valence electrons. The van der Waals surface area contributed by atoms with Crippen molar-refractivity contribution < 1.29 is 23.8 Å². The van der Waals surface area contributed by atoms with Crippen molar-refractivity contribution >= 4 is 17.6 Å². The van der Waals surface area contributed by atoms with Crippen LogP contribution in [0.15, 0.2) is 65.1 Å². The highest BCUT2D eigenvalue weighted by Gasteiger charge is 2.44. The van der Waals surface area contributed by atoms with Crippen molar-refractivity contribution in [2.75, 3.05) is 26.2 Å². The summed E-state index contributed by atoms with van der Waals surface area (Å²) in [5.74, 6) is -2.46. The Morgan fingerprint density at radius 2 is 1.62 bits per heavy atom. The Morgan fingerprint density at radius 3 is 2.15 bits per heavy atom. The number of hydrogen-bond donors (Lipinski definition) is 1. The Balaban J connectivity index is 2.53. The molecule has 34 heavy (non-hydrogen) atoms. The van der Waals surface area contributed by atoms with Crippen molar-refractivity contribution in [3.05, 3.63) is 81.8 Å². The lowest BCUT2D eigenvalue weighted by Crippen LogP contribution is -2.41. The molecule has 0 aromatic heterocycles. The molecule has 1 heterocycles. The minimum absolute atomic E-state index is 0.00497. The monoisotopic (exact) mass is 458 g/mol. The summed E-state index contributed by atoms with van der Waals surface area (Å²) >= 11 is 0. The highest BCUT2D eigenvalue weighted by molar-refractivity contribution is 6.07. The van der Waals surface area contributed by atoms with Gasteiger partial charge in [-0.3, -0.25) is 4.90 Å². The van der Waals surface area contributed by atoms with Gasteiger partial charge in [-0.2, -0.15) is 10.5 Å². The van der Waals surface area contributed by atoms with Gasteiger partial charge in [0, 0.05) is 5.56 Å². The summed E-state index contributed by atoms with van der Waals surface area (Å²) in [4.78, 5) is 27.5. The van der Waals surface area contributed by atoms with E-state index in [4.69, 9.17) is 19.9 Å². The molecular weight excluding hydrogens is 436 g/mol. The molecule has 0 bridgehead atoms. The molecule has 1 atom stereocenters. The number of allylic oxidation sites excluding steroid dienone is 1. The fraction of sp³-hybridized carbons (Fsp3) is 0.200. The van der Waals surface area contributed by atoms with Gasteiger partial charge < -0.3 is 19.9 Å². The van der Waals surface area contributed by atoms with Gasteiger partial charge in [-0.15, -0.1) is 0 Å². The van der Waals surface area contributed by atoms with Crippen LogP contribution in [0, 0.1) is 29.6 Å². The zero-order chi connectivity index (χ0) is 25.0. The Hall–Kier alpha value is -4.76. The van der Waals surface area contributed by atoms with Crippen LogP contribution < -0.4 is 15.4 Å². The summed E-state index contributed by atoms with van der Waals surface area (Å²) in [6.07, 6.45) is 0. The Bertz CT molecular complexity index is 1300. The number of nitrogens with two attached hydrogens (primary N) is 1. The van der Waals surface area contributed by atoms with Crippen molar-refractivity contribution in [3.8, 4) is 17.9 Å². The maximum Gasteiger partial charge on any atom is 0.355 e. The Labute approximate surface area is 196 Å². The van der Waals surface area contributed by atoms with Crippen molar-refractivity contribution in [2.24, 2.45) is 5.73 Å². The number of methoxy groups -OCH3 is 3. The van der Waals surface area contributed by atoms with E-state index in [9.17, 15) is 20.1 Å². The molecule has 0 saturated carbocycles. The van der Waals surface area contributed by atoms with Crippen LogP contribution in [0.4, 0.5) is 5.69 Å². The van der Waals surface area contributed by atoms with E-state index in [1.54, 1.807) is 43.3 Å². The zero-order valence-corrected chi connectivity index (χ0v) is 19.1. The van der Waals surface area contributed by atoms with E-state index in [0.717, 1.165) is 7.11 Å². The first-order valence-corrected chi connectivity index (χ1v) is 10.1. The second kappa shape index (κ2) is 9.80. The maximum atomic E-state index is 13.2.